The number of hydrogen-bond acceptors (Lipinski definition) is 5. The summed E-state index contributed by atoms with van der Waals surface area (Å²) in [6.07, 6.45) is 0. The molecule has 1 aromatic rings. The number of non-ortho nitro benzene ring substituents is 1. The lowest BCUT2D eigenvalue weighted by Gasteiger charge is -1.99. The van der Waals surface area contributed by atoms with Crippen LogP contribution in [-0.4, -0.2) is 16.1 Å². The molecule has 0 aliphatic carbocycles. The van der Waals surface area contributed by atoms with Gasteiger partial charge in [-0.2, -0.15) is 5.26 Å². The molecule has 1 rings (SSSR count). The summed E-state index contributed by atoms with van der Waals surface area (Å²) in [5.41, 5.74) is -0.385. The number of halogens is 1. The molecule has 0 aliphatic heterocycles. The summed E-state index contributed by atoms with van der Waals surface area (Å²) in [7, 11) is 0. The molecular weight excluding hydrogens is 214 g/mol. The molecule has 7 heteroatoms. The van der Waals surface area contributed by atoms with Gasteiger partial charge in [-0.25, -0.2) is 4.79 Å². The van der Waals surface area contributed by atoms with E-state index >= 15 is 0 Å². The van der Waals surface area contributed by atoms with Gasteiger partial charge < -0.3 is 0 Å². The highest BCUT2D eigenvalue weighted by Gasteiger charge is 2.15. The minimum absolute atomic E-state index is 0.139. The van der Waals surface area contributed by atoms with Crippen LogP contribution in [0.15, 0.2) is 18.2 Å². The number of carbonyl (C=O) groups is 1. The molecule has 0 atom stereocenters. The first-order valence-corrected chi connectivity index (χ1v) is 3.73. The average Bonchev–Trinajstić information content (AvgIpc) is 2.16. The quantitative estimate of drug-likeness (QED) is 0.464. The molecule has 0 spiro atoms. The first kappa shape index (κ1) is 10.4. The van der Waals surface area contributed by atoms with Crippen molar-refractivity contribution in [1.82, 2.24) is 0 Å². The summed E-state index contributed by atoms with van der Waals surface area (Å²) in [6.45, 7) is 0. The molecule has 1 N–H and O–H groups in total. The highest BCUT2D eigenvalue weighted by Crippen LogP contribution is 2.22. The Labute approximate surface area is 82.8 Å². The molecule has 0 bridgehead atoms. The fraction of sp³-hybridized carbons (Fsp3) is 0. The highest BCUT2D eigenvalue weighted by atomic mass is 35.5. The van der Waals surface area contributed by atoms with Crippen molar-refractivity contribution in [2.45, 2.75) is 0 Å². The lowest BCUT2D eigenvalue weighted by Crippen LogP contribution is -2.02. The van der Waals surface area contributed by atoms with Gasteiger partial charge in [-0.15, -0.1) is 0 Å². The van der Waals surface area contributed by atoms with E-state index in [1.807, 2.05) is 0 Å². The Bertz CT molecular complexity index is 392. The Balaban J connectivity index is 3.14. The molecule has 1 aromatic carbocycles. The maximum atomic E-state index is 10.8. The third kappa shape index (κ3) is 1.98. The number of nitrogens with zero attached hydrogens (tertiary/aromatic N) is 1. The first-order valence-electron chi connectivity index (χ1n) is 3.36. The van der Waals surface area contributed by atoms with Gasteiger partial charge in [0.25, 0.3) is 5.69 Å². The van der Waals surface area contributed by atoms with Crippen LogP contribution in [0.1, 0.15) is 10.4 Å². The van der Waals surface area contributed by atoms with Crippen molar-refractivity contribution < 1.29 is 19.9 Å². The molecular formula is C7H4ClNO5. The van der Waals surface area contributed by atoms with Gasteiger partial charge in [-0.1, -0.05) is 11.6 Å². The van der Waals surface area contributed by atoms with Crippen molar-refractivity contribution in [3.8, 4) is 0 Å². The molecule has 74 valence electrons. The van der Waals surface area contributed by atoms with Crippen molar-refractivity contribution in [3.63, 3.8) is 0 Å². The molecule has 0 heterocycles. The van der Waals surface area contributed by atoms with Crippen LogP contribution in [0, 0.1) is 10.1 Å². The summed E-state index contributed by atoms with van der Waals surface area (Å²) < 4.78 is 0. The van der Waals surface area contributed by atoms with E-state index in [1.54, 1.807) is 0 Å². The molecule has 0 aromatic heterocycles. The molecule has 0 aliphatic rings. The highest BCUT2D eigenvalue weighted by molar-refractivity contribution is 6.33. The van der Waals surface area contributed by atoms with Crippen molar-refractivity contribution in [1.29, 1.82) is 0 Å². The summed E-state index contributed by atoms with van der Waals surface area (Å²) in [4.78, 5) is 23.8. The Morgan fingerprint density at radius 2 is 2.21 bits per heavy atom. The second-order valence-corrected chi connectivity index (χ2v) is 2.71. The minimum Gasteiger partial charge on any atom is -0.295 e. The number of rotatable bonds is 2. The van der Waals surface area contributed by atoms with E-state index in [0.29, 0.717) is 0 Å². The van der Waals surface area contributed by atoms with Gasteiger partial charge in [-0.05, 0) is 6.07 Å². The minimum atomic E-state index is -1.06. The summed E-state index contributed by atoms with van der Waals surface area (Å²) >= 11 is 5.53. The molecule has 6 nitrogen and oxygen atoms in total. The largest absolute Gasteiger partial charge is 0.374 e. The SMILES string of the molecule is O=C(OO)c1ccc([N+](=O)[O-])cc1Cl. The Morgan fingerprint density at radius 3 is 2.64 bits per heavy atom. The van der Waals surface area contributed by atoms with Gasteiger partial charge in [0.05, 0.1) is 15.5 Å². The zero-order valence-electron chi connectivity index (χ0n) is 6.64. The summed E-state index contributed by atoms with van der Waals surface area (Å²) in [5.74, 6) is -1.06. The summed E-state index contributed by atoms with van der Waals surface area (Å²) in [6, 6.07) is 3.17. The average molecular weight is 218 g/mol. The number of nitro benzene ring substituents is 1. The Hall–Kier alpha value is -1.66. The van der Waals surface area contributed by atoms with Crippen molar-refractivity contribution in [3.05, 3.63) is 38.9 Å². The third-order valence-corrected chi connectivity index (χ3v) is 1.78. The number of hydrogen-bond donors (Lipinski definition) is 1. The number of carbonyl (C=O) groups excluding carboxylic acids is 1. The van der Waals surface area contributed by atoms with E-state index in [2.05, 4.69) is 4.89 Å². The second kappa shape index (κ2) is 4.03. The van der Waals surface area contributed by atoms with E-state index in [0.717, 1.165) is 18.2 Å². The third-order valence-electron chi connectivity index (χ3n) is 1.47. The monoisotopic (exact) mass is 217 g/mol. The molecule has 0 saturated heterocycles. The van der Waals surface area contributed by atoms with Crippen LogP contribution < -0.4 is 0 Å². The molecule has 0 saturated carbocycles. The zero-order valence-corrected chi connectivity index (χ0v) is 7.39. The van der Waals surface area contributed by atoms with Crippen LogP contribution in [0.5, 0.6) is 0 Å². The smallest absolute Gasteiger partial charge is 0.295 e. The Morgan fingerprint density at radius 1 is 1.57 bits per heavy atom. The lowest BCUT2D eigenvalue weighted by molar-refractivity contribution is -0.384. The maximum Gasteiger partial charge on any atom is 0.374 e. The van der Waals surface area contributed by atoms with Crippen molar-refractivity contribution >= 4 is 23.3 Å². The predicted molar refractivity (Wildman–Crippen MR) is 46.2 cm³/mol. The van der Waals surface area contributed by atoms with E-state index in [-0.39, 0.29) is 16.3 Å². The normalized spacial score (nSPS) is 9.57. The topological polar surface area (TPSA) is 89.7 Å². The van der Waals surface area contributed by atoms with Crippen LogP contribution in [-0.2, 0) is 4.89 Å². The van der Waals surface area contributed by atoms with Crippen LogP contribution in [0.3, 0.4) is 0 Å². The van der Waals surface area contributed by atoms with Gasteiger partial charge >= 0.3 is 5.97 Å². The molecule has 0 radical (unpaired) electrons. The maximum absolute atomic E-state index is 10.8. The van der Waals surface area contributed by atoms with Gasteiger partial charge in [0.1, 0.15) is 0 Å². The summed E-state index contributed by atoms with van der Waals surface area (Å²) in [5, 5.41) is 18.2. The van der Waals surface area contributed by atoms with Gasteiger partial charge in [0.2, 0.25) is 0 Å². The molecule has 0 unspecified atom stereocenters. The van der Waals surface area contributed by atoms with E-state index < -0.39 is 10.9 Å². The molecule has 0 amide bonds. The van der Waals surface area contributed by atoms with E-state index in [9.17, 15) is 14.9 Å². The van der Waals surface area contributed by atoms with Crippen LogP contribution >= 0.6 is 11.6 Å². The fourth-order valence-corrected chi connectivity index (χ4v) is 1.08. The predicted octanol–water partition coefficient (Wildman–Crippen LogP) is 1.88. The first-order chi connectivity index (χ1) is 6.56. The molecule has 0 fully saturated rings. The van der Waals surface area contributed by atoms with Crippen molar-refractivity contribution in [2.24, 2.45) is 0 Å². The van der Waals surface area contributed by atoms with Crippen LogP contribution in [0.25, 0.3) is 0 Å². The lowest BCUT2D eigenvalue weighted by atomic mass is 10.2. The van der Waals surface area contributed by atoms with Gasteiger partial charge in [-0.3, -0.25) is 15.0 Å². The number of nitro groups is 1. The zero-order chi connectivity index (χ0) is 10.7. The fourth-order valence-electron chi connectivity index (χ4n) is 0.832. The number of benzene rings is 1. The second-order valence-electron chi connectivity index (χ2n) is 2.30. The van der Waals surface area contributed by atoms with Crippen LogP contribution in [0.4, 0.5) is 5.69 Å². The van der Waals surface area contributed by atoms with Crippen LogP contribution in [0.2, 0.25) is 5.02 Å². The standard InChI is InChI=1S/C7H4ClNO5/c8-6-3-4(9(11)12)1-2-5(6)7(10)14-13/h1-3,13H. The van der Waals surface area contributed by atoms with Gasteiger partial charge in [0.15, 0.2) is 0 Å². The van der Waals surface area contributed by atoms with Gasteiger partial charge in [0, 0.05) is 12.1 Å². The van der Waals surface area contributed by atoms with E-state index in [1.165, 1.54) is 0 Å². The molecule has 14 heavy (non-hydrogen) atoms. The Kier molecular flexibility index (Phi) is 3.00. The van der Waals surface area contributed by atoms with Crippen molar-refractivity contribution in [2.75, 3.05) is 0 Å². The van der Waals surface area contributed by atoms with E-state index in [4.69, 9.17) is 16.9 Å².